The number of hydrogen-bond donors (Lipinski definition) is 4. The van der Waals surface area contributed by atoms with Crippen LogP contribution in [0.25, 0.3) is 0 Å². The van der Waals surface area contributed by atoms with Gasteiger partial charge < -0.3 is 21.5 Å². The van der Waals surface area contributed by atoms with Crippen molar-refractivity contribution in [3.63, 3.8) is 0 Å². The van der Waals surface area contributed by atoms with E-state index in [-0.39, 0.29) is 0 Å². The van der Waals surface area contributed by atoms with E-state index in [9.17, 15) is 14.4 Å². The number of carboxylic acids is 1. The van der Waals surface area contributed by atoms with E-state index in [2.05, 4.69) is 10.6 Å². The molecule has 0 aliphatic rings. The summed E-state index contributed by atoms with van der Waals surface area (Å²) < 4.78 is 0. The molecule has 5 N–H and O–H groups in total. The molecule has 1 aromatic rings. The number of carbonyl (C=O) groups excluding carboxylic acids is 2. The summed E-state index contributed by atoms with van der Waals surface area (Å²) in [6.07, 6.45) is 0. The minimum Gasteiger partial charge on any atom is -0.481 e. The summed E-state index contributed by atoms with van der Waals surface area (Å²) in [7, 11) is 0. The lowest BCUT2D eigenvalue weighted by atomic mass is 9.85. The summed E-state index contributed by atoms with van der Waals surface area (Å²) in [6.45, 7) is 4.70. The van der Waals surface area contributed by atoms with Crippen molar-refractivity contribution in [1.29, 1.82) is 0 Å². The fraction of sp³-hybridized carbons (Fsp3) is 0.357. The van der Waals surface area contributed by atoms with Gasteiger partial charge in [0.05, 0.1) is 5.41 Å². The number of anilines is 1. The van der Waals surface area contributed by atoms with Crippen LogP contribution in [-0.2, 0) is 15.0 Å². The second kappa shape index (κ2) is 6.25. The first-order valence-electron chi connectivity index (χ1n) is 6.35. The predicted molar refractivity (Wildman–Crippen MR) is 77.9 cm³/mol. The topological polar surface area (TPSA) is 122 Å². The number of aliphatic carboxylic acids is 1. The third kappa shape index (κ3) is 4.20. The molecule has 1 unspecified atom stereocenters. The van der Waals surface area contributed by atoms with Crippen LogP contribution in [0.4, 0.5) is 10.5 Å². The van der Waals surface area contributed by atoms with Crippen LogP contribution in [0.15, 0.2) is 24.3 Å². The molecule has 3 amide bonds. The average molecular weight is 293 g/mol. The molecule has 0 bridgehead atoms. The lowest BCUT2D eigenvalue weighted by Crippen LogP contribution is -2.44. The largest absolute Gasteiger partial charge is 0.481 e. The third-order valence-corrected chi connectivity index (χ3v) is 3.16. The molecule has 21 heavy (non-hydrogen) atoms. The molecule has 1 rings (SSSR count). The molecule has 0 saturated heterocycles. The van der Waals surface area contributed by atoms with Gasteiger partial charge in [0, 0.05) is 5.69 Å². The highest BCUT2D eigenvalue weighted by molar-refractivity contribution is 5.96. The highest BCUT2D eigenvalue weighted by Gasteiger charge is 2.29. The van der Waals surface area contributed by atoms with Crippen LogP contribution in [0.1, 0.15) is 26.3 Å². The Kier molecular flexibility index (Phi) is 4.91. The SMILES string of the molecule is CC(NC(N)=O)C(=O)Nc1ccc(C(C)(C)C(=O)O)cc1. The molecule has 0 aliphatic heterocycles. The van der Waals surface area contributed by atoms with Crippen LogP contribution in [0.3, 0.4) is 0 Å². The molecule has 0 fully saturated rings. The van der Waals surface area contributed by atoms with Gasteiger partial charge in [-0.3, -0.25) is 9.59 Å². The van der Waals surface area contributed by atoms with Crippen molar-refractivity contribution in [1.82, 2.24) is 5.32 Å². The number of urea groups is 1. The summed E-state index contributed by atoms with van der Waals surface area (Å²) in [5.74, 6) is -1.35. The van der Waals surface area contributed by atoms with Crippen LogP contribution in [0, 0.1) is 0 Å². The van der Waals surface area contributed by atoms with Gasteiger partial charge in [0.1, 0.15) is 6.04 Å². The van der Waals surface area contributed by atoms with Crippen molar-refractivity contribution in [2.24, 2.45) is 5.73 Å². The summed E-state index contributed by atoms with van der Waals surface area (Å²) in [5, 5.41) is 14.0. The molecular weight excluding hydrogens is 274 g/mol. The molecule has 1 atom stereocenters. The Morgan fingerprint density at radius 2 is 1.71 bits per heavy atom. The number of nitrogens with one attached hydrogen (secondary N) is 2. The van der Waals surface area contributed by atoms with Crippen LogP contribution in [0.2, 0.25) is 0 Å². The maximum absolute atomic E-state index is 11.8. The zero-order valence-electron chi connectivity index (χ0n) is 12.1. The fourth-order valence-electron chi connectivity index (χ4n) is 1.62. The number of benzene rings is 1. The number of amides is 3. The third-order valence-electron chi connectivity index (χ3n) is 3.16. The van der Waals surface area contributed by atoms with Crippen LogP contribution >= 0.6 is 0 Å². The van der Waals surface area contributed by atoms with Crippen LogP contribution in [0.5, 0.6) is 0 Å². The summed E-state index contributed by atoms with van der Waals surface area (Å²) >= 11 is 0. The maximum atomic E-state index is 11.8. The van der Waals surface area contributed by atoms with Crippen molar-refractivity contribution in [2.45, 2.75) is 32.2 Å². The van der Waals surface area contributed by atoms with E-state index in [0.29, 0.717) is 11.3 Å². The standard InChI is InChI=1S/C14H19N3O4/c1-8(16-13(15)21)11(18)17-10-6-4-9(5-7-10)14(2,3)12(19)20/h4-8H,1-3H3,(H,17,18)(H,19,20)(H3,15,16,21). The first-order valence-corrected chi connectivity index (χ1v) is 6.35. The van der Waals surface area contributed by atoms with Crippen LogP contribution < -0.4 is 16.4 Å². The molecule has 0 radical (unpaired) electrons. The van der Waals surface area contributed by atoms with Gasteiger partial charge in [-0.1, -0.05) is 12.1 Å². The Balaban J connectivity index is 2.78. The van der Waals surface area contributed by atoms with Crippen molar-refractivity contribution in [3.05, 3.63) is 29.8 Å². The number of carboxylic acid groups (broad SMARTS) is 1. The van der Waals surface area contributed by atoms with E-state index in [1.165, 1.54) is 6.92 Å². The van der Waals surface area contributed by atoms with E-state index in [4.69, 9.17) is 10.8 Å². The van der Waals surface area contributed by atoms with Gasteiger partial charge >= 0.3 is 12.0 Å². The second-order valence-electron chi connectivity index (χ2n) is 5.23. The molecule has 0 saturated carbocycles. The molecule has 7 heteroatoms. The molecule has 7 nitrogen and oxygen atoms in total. The zero-order valence-corrected chi connectivity index (χ0v) is 12.1. The van der Waals surface area contributed by atoms with Crippen molar-refractivity contribution >= 4 is 23.6 Å². The minimum absolute atomic E-state index is 0.418. The quantitative estimate of drug-likeness (QED) is 0.648. The lowest BCUT2D eigenvalue weighted by molar-refractivity contribution is -0.142. The molecule has 0 heterocycles. The smallest absolute Gasteiger partial charge is 0.313 e. The average Bonchev–Trinajstić information content (AvgIpc) is 2.38. The Morgan fingerprint density at radius 1 is 1.19 bits per heavy atom. The molecular formula is C14H19N3O4. The first kappa shape index (κ1) is 16.5. The molecule has 114 valence electrons. The monoisotopic (exact) mass is 293 g/mol. The van der Waals surface area contributed by atoms with Gasteiger partial charge in [-0.05, 0) is 38.5 Å². The Hall–Kier alpha value is -2.57. The van der Waals surface area contributed by atoms with Crippen molar-refractivity contribution in [3.8, 4) is 0 Å². The number of rotatable bonds is 5. The van der Waals surface area contributed by atoms with Gasteiger partial charge in [-0.15, -0.1) is 0 Å². The van der Waals surface area contributed by atoms with Gasteiger partial charge in [0.15, 0.2) is 0 Å². The van der Waals surface area contributed by atoms with Gasteiger partial charge in [0.25, 0.3) is 0 Å². The summed E-state index contributed by atoms with van der Waals surface area (Å²) in [6, 6.07) is 4.93. The zero-order chi connectivity index (χ0) is 16.2. The molecule has 0 spiro atoms. The maximum Gasteiger partial charge on any atom is 0.313 e. The van der Waals surface area contributed by atoms with E-state index in [1.54, 1.807) is 38.1 Å². The second-order valence-corrected chi connectivity index (χ2v) is 5.23. The van der Waals surface area contributed by atoms with Gasteiger partial charge in [-0.2, -0.15) is 0 Å². The summed E-state index contributed by atoms with van der Waals surface area (Å²) in [4.78, 5) is 33.6. The molecule has 1 aromatic carbocycles. The van der Waals surface area contributed by atoms with Gasteiger partial charge in [0.2, 0.25) is 5.91 Å². The first-order chi connectivity index (χ1) is 9.64. The van der Waals surface area contributed by atoms with Gasteiger partial charge in [-0.25, -0.2) is 4.79 Å². The van der Waals surface area contributed by atoms with E-state index < -0.39 is 29.4 Å². The summed E-state index contributed by atoms with van der Waals surface area (Å²) in [5.41, 5.74) is 5.05. The van der Waals surface area contributed by atoms with Crippen molar-refractivity contribution in [2.75, 3.05) is 5.32 Å². The van der Waals surface area contributed by atoms with E-state index >= 15 is 0 Å². The fourth-order valence-corrected chi connectivity index (χ4v) is 1.62. The van der Waals surface area contributed by atoms with Crippen molar-refractivity contribution < 1.29 is 19.5 Å². The predicted octanol–water partition coefficient (Wildman–Crippen LogP) is 1.04. The Labute approximate surface area is 122 Å². The number of primary amides is 1. The minimum atomic E-state index is -1.01. The number of hydrogen-bond acceptors (Lipinski definition) is 3. The normalized spacial score (nSPS) is 12.3. The highest BCUT2D eigenvalue weighted by Crippen LogP contribution is 2.24. The molecule has 0 aromatic heterocycles. The van der Waals surface area contributed by atoms with Crippen LogP contribution in [-0.4, -0.2) is 29.1 Å². The lowest BCUT2D eigenvalue weighted by Gasteiger charge is -2.20. The highest BCUT2D eigenvalue weighted by atomic mass is 16.4. The van der Waals surface area contributed by atoms with E-state index in [0.717, 1.165) is 0 Å². The number of nitrogens with two attached hydrogens (primary N) is 1. The Morgan fingerprint density at radius 3 is 2.14 bits per heavy atom. The molecule has 0 aliphatic carbocycles. The van der Waals surface area contributed by atoms with E-state index in [1.807, 2.05) is 0 Å². The number of carbonyl (C=O) groups is 3. The Bertz CT molecular complexity index is 552.